The maximum absolute atomic E-state index is 13.3. The number of para-hydroxylation sites is 1. The minimum atomic E-state index is -1.49. The Morgan fingerprint density at radius 2 is 1.54 bits per heavy atom. The first-order valence-electron chi connectivity index (χ1n) is 13.3. The number of amides is 4. The van der Waals surface area contributed by atoms with Crippen LogP contribution in [0.4, 0.5) is 0 Å². The lowest BCUT2D eigenvalue weighted by molar-refractivity contribution is -0.143. The van der Waals surface area contributed by atoms with Crippen LogP contribution < -0.4 is 27.4 Å². The summed E-state index contributed by atoms with van der Waals surface area (Å²) in [4.78, 5) is 76.2. The topological polar surface area (TPSA) is 247 Å². The van der Waals surface area contributed by atoms with Gasteiger partial charge in [0.2, 0.25) is 23.6 Å². The number of primary amides is 1. The molecule has 0 fully saturated rings. The van der Waals surface area contributed by atoms with Crippen molar-refractivity contribution in [2.45, 2.75) is 76.5 Å². The van der Waals surface area contributed by atoms with Crippen LogP contribution in [0.1, 0.15) is 51.5 Å². The highest BCUT2D eigenvalue weighted by atomic mass is 16.4. The SMILES string of the molecule is CCC(C)C(NC(=O)C(N)Cc1c[nH]c2ccccc12)C(=O)NC(CCC(=O)O)C(=O)NC(CCC(N)=O)C(=O)O. The molecule has 41 heavy (non-hydrogen) atoms. The van der Waals surface area contributed by atoms with Gasteiger partial charge in [0.1, 0.15) is 18.1 Å². The smallest absolute Gasteiger partial charge is 0.326 e. The van der Waals surface area contributed by atoms with E-state index in [0.717, 1.165) is 16.5 Å². The second-order valence-corrected chi connectivity index (χ2v) is 9.94. The van der Waals surface area contributed by atoms with Crippen LogP contribution in [0.2, 0.25) is 0 Å². The van der Waals surface area contributed by atoms with Gasteiger partial charge in [0.25, 0.3) is 0 Å². The van der Waals surface area contributed by atoms with Crippen LogP contribution in [0.25, 0.3) is 10.9 Å². The van der Waals surface area contributed by atoms with Crippen molar-refractivity contribution in [3.63, 3.8) is 0 Å². The highest BCUT2D eigenvalue weighted by Crippen LogP contribution is 2.19. The second kappa shape index (κ2) is 15.4. The van der Waals surface area contributed by atoms with Crippen molar-refractivity contribution in [2.24, 2.45) is 17.4 Å². The average Bonchev–Trinajstić information content (AvgIpc) is 3.33. The first-order valence-corrected chi connectivity index (χ1v) is 13.3. The molecule has 4 amide bonds. The van der Waals surface area contributed by atoms with Crippen molar-refractivity contribution in [3.05, 3.63) is 36.0 Å². The molecule has 224 valence electrons. The predicted molar refractivity (Wildman–Crippen MR) is 148 cm³/mol. The molecule has 1 aromatic heterocycles. The Labute approximate surface area is 236 Å². The largest absolute Gasteiger partial charge is 0.481 e. The first-order chi connectivity index (χ1) is 19.3. The van der Waals surface area contributed by atoms with Crippen LogP contribution in [-0.2, 0) is 35.2 Å². The van der Waals surface area contributed by atoms with E-state index in [9.17, 15) is 33.9 Å². The van der Waals surface area contributed by atoms with E-state index in [1.54, 1.807) is 20.0 Å². The Morgan fingerprint density at radius 3 is 2.15 bits per heavy atom. The molecule has 1 heterocycles. The summed E-state index contributed by atoms with van der Waals surface area (Å²) >= 11 is 0. The molecular weight excluding hydrogens is 536 g/mol. The number of carbonyl (C=O) groups excluding carboxylic acids is 4. The highest BCUT2D eigenvalue weighted by molar-refractivity contribution is 5.95. The third-order valence-electron chi connectivity index (χ3n) is 6.82. The van der Waals surface area contributed by atoms with Gasteiger partial charge in [0, 0.05) is 29.9 Å². The number of hydrogen-bond acceptors (Lipinski definition) is 7. The summed E-state index contributed by atoms with van der Waals surface area (Å²) in [6.07, 6.45) is 0.951. The zero-order valence-corrected chi connectivity index (χ0v) is 23.0. The van der Waals surface area contributed by atoms with Gasteiger partial charge in [-0.05, 0) is 36.8 Å². The van der Waals surface area contributed by atoms with Gasteiger partial charge >= 0.3 is 11.9 Å². The number of aromatic nitrogens is 1. The number of H-pyrrole nitrogens is 1. The summed E-state index contributed by atoms with van der Waals surface area (Å²) in [6, 6.07) is 2.48. The Bertz CT molecular complexity index is 1260. The number of carboxylic acids is 2. The van der Waals surface area contributed by atoms with Crippen LogP contribution in [0.3, 0.4) is 0 Å². The number of aliphatic carboxylic acids is 2. The van der Waals surface area contributed by atoms with Crippen molar-refractivity contribution in [1.29, 1.82) is 0 Å². The fourth-order valence-corrected chi connectivity index (χ4v) is 4.21. The third-order valence-corrected chi connectivity index (χ3v) is 6.82. The van der Waals surface area contributed by atoms with Crippen LogP contribution in [-0.4, -0.2) is 74.9 Å². The Kier molecular flexibility index (Phi) is 12.3. The van der Waals surface area contributed by atoms with Crippen molar-refractivity contribution in [2.75, 3.05) is 0 Å². The lowest BCUT2D eigenvalue weighted by atomic mass is 9.96. The van der Waals surface area contributed by atoms with Crippen LogP contribution in [0.5, 0.6) is 0 Å². The van der Waals surface area contributed by atoms with Gasteiger partial charge < -0.3 is 42.6 Å². The molecule has 0 aliphatic heterocycles. The minimum Gasteiger partial charge on any atom is -0.481 e. The standard InChI is InChI=1S/C27H38N6O8/c1-3-14(2)23(33-24(37)17(28)12-15-13-30-18-7-5-4-6-16(15)18)26(39)31-19(9-11-22(35)36)25(38)32-20(27(40)41)8-10-21(29)34/h4-7,13-14,17,19-20,23,30H,3,8-12,28H2,1-2H3,(H2,29,34)(H,31,39)(H,32,38)(H,33,37)(H,35,36)(H,40,41). The van der Waals surface area contributed by atoms with Gasteiger partial charge in [-0.3, -0.25) is 24.0 Å². The number of nitrogens with two attached hydrogens (primary N) is 2. The monoisotopic (exact) mass is 574 g/mol. The molecule has 0 radical (unpaired) electrons. The molecule has 5 unspecified atom stereocenters. The van der Waals surface area contributed by atoms with Gasteiger partial charge in [0.15, 0.2) is 0 Å². The molecule has 2 rings (SSSR count). The van der Waals surface area contributed by atoms with Crippen LogP contribution >= 0.6 is 0 Å². The maximum Gasteiger partial charge on any atom is 0.326 e. The molecule has 0 saturated heterocycles. The molecule has 0 bridgehead atoms. The van der Waals surface area contributed by atoms with Crippen LogP contribution in [0.15, 0.2) is 30.5 Å². The Balaban J connectivity index is 2.16. The number of aromatic amines is 1. The second-order valence-electron chi connectivity index (χ2n) is 9.94. The average molecular weight is 575 g/mol. The van der Waals surface area contributed by atoms with E-state index in [1.165, 1.54) is 0 Å². The summed E-state index contributed by atoms with van der Waals surface area (Å²) in [7, 11) is 0. The third kappa shape index (κ3) is 9.90. The zero-order valence-electron chi connectivity index (χ0n) is 23.0. The number of carbonyl (C=O) groups is 6. The van der Waals surface area contributed by atoms with Gasteiger partial charge in [-0.2, -0.15) is 0 Å². The van der Waals surface area contributed by atoms with Gasteiger partial charge in [0.05, 0.1) is 6.04 Å². The van der Waals surface area contributed by atoms with E-state index in [1.807, 2.05) is 24.3 Å². The molecule has 14 heteroatoms. The molecule has 2 aromatic rings. The van der Waals surface area contributed by atoms with E-state index >= 15 is 0 Å². The summed E-state index contributed by atoms with van der Waals surface area (Å²) < 4.78 is 0. The molecule has 0 aliphatic rings. The van der Waals surface area contributed by atoms with Gasteiger partial charge in [-0.15, -0.1) is 0 Å². The van der Waals surface area contributed by atoms with Gasteiger partial charge in [-0.25, -0.2) is 4.79 Å². The highest BCUT2D eigenvalue weighted by Gasteiger charge is 2.33. The molecule has 10 N–H and O–H groups in total. The summed E-state index contributed by atoms with van der Waals surface area (Å²) in [5.74, 6) is -6.16. The molecule has 0 saturated carbocycles. The lowest BCUT2D eigenvalue weighted by Crippen LogP contribution is -2.58. The molecule has 0 spiro atoms. The Hall–Kier alpha value is -4.46. The summed E-state index contributed by atoms with van der Waals surface area (Å²) in [5.41, 5.74) is 12.9. The molecule has 14 nitrogen and oxygen atoms in total. The van der Waals surface area contributed by atoms with Crippen molar-refractivity contribution < 1.29 is 39.0 Å². The first kappa shape index (κ1) is 32.8. The normalized spacial score (nSPS) is 14.7. The maximum atomic E-state index is 13.3. The number of nitrogens with one attached hydrogen (secondary N) is 4. The van der Waals surface area contributed by atoms with E-state index in [4.69, 9.17) is 16.6 Å². The number of rotatable bonds is 17. The Morgan fingerprint density at radius 1 is 0.902 bits per heavy atom. The van der Waals surface area contributed by atoms with Crippen LogP contribution in [0, 0.1) is 5.92 Å². The molecule has 0 aliphatic carbocycles. The van der Waals surface area contributed by atoms with E-state index in [-0.39, 0.29) is 25.7 Å². The van der Waals surface area contributed by atoms with E-state index in [0.29, 0.717) is 6.42 Å². The number of benzene rings is 1. The fourth-order valence-electron chi connectivity index (χ4n) is 4.21. The summed E-state index contributed by atoms with van der Waals surface area (Å²) in [6.45, 7) is 3.51. The quantitative estimate of drug-likeness (QED) is 0.124. The van der Waals surface area contributed by atoms with E-state index in [2.05, 4.69) is 20.9 Å². The summed E-state index contributed by atoms with van der Waals surface area (Å²) in [5, 5.41) is 26.7. The van der Waals surface area contributed by atoms with Crippen molar-refractivity contribution >= 4 is 46.5 Å². The van der Waals surface area contributed by atoms with Gasteiger partial charge in [-0.1, -0.05) is 38.5 Å². The minimum absolute atomic E-state index is 0.191. The van der Waals surface area contributed by atoms with Crippen molar-refractivity contribution in [1.82, 2.24) is 20.9 Å². The van der Waals surface area contributed by atoms with Crippen molar-refractivity contribution in [3.8, 4) is 0 Å². The number of fused-ring (bicyclic) bond motifs is 1. The van der Waals surface area contributed by atoms with E-state index < -0.39 is 72.1 Å². The molecule has 5 atom stereocenters. The molecule has 1 aromatic carbocycles. The lowest BCUT2D eigenvalue weighted by Gasteiger charge is -2.28. The zero-order chi connectivity index (χ0) is 30.7. The number of hydrogen-bond donors (Lipinski definition) is 8. The molecular formula is C27H38N6O8. The number of carboxylic acid groups (broad SMARTS) is 2. The fraction of sp³-hybridized carbons (Fsp3) is 0.481. The predicted octanol–water partition coefficient (Wildman–Crippen LogP) is -0.247.